The second-order valence-electron chi connectivity index (χ2n) is 4.34. The van der Waals surface area contributed by atoms with Gasteiger partial charge in [-0.25, -0.2) is 9.97 Å². The van der Waals surface area contributed by atoms with Gasteiger partial charge in [0.1, 0.15) is 17.0 Å². The van der Waals surface area contributed by atoms with Crippen molar-refractivity contribution in [1.82, 2.24) is 9.97 Å². The Morgan fingerprint density at radius 3 is 2.94 bits per heavy atom. The summed E-state index contributed by atoms with van der Waals surface area (Å²) in [4.78, 5) is 12.5. The fourth-order valence-electron chi connectivity index (χ4n) is 1.85. The number of anilines is 1. The van der Waals surface area contributed by atoms with Crippen LogP contribution in [0.15, 0.2) is 17.8 Å². The Morgan fingerprint density at radius 1 is 1.50 bits per heavy atom. The summed E-state index contributed by atoms with van der Waals surface area (Å²) in [6.07, 6.45) is 2.31. The van der Waals surface area contributed by atoms with E-state index in [0.717, 1.165) is 22.6 Å². The quantitative estimate of drug-likeness (QED) is 0.853. The van der Waals surface area contributed by atoms with Crippen molar-refractivity contribution in [1.29, 1.82) is 0 Å². The zero-order chi connectivity index (χ0) is 13.1. The Hall–Kier alpha value is -1.27. The van der Waals surface area contributed by atoms with Crippen molar-refractivity contribution in [3.8, 4) is 0 Å². The van der Waals surface area contributed by atoms with Crippen molar-refractivity contribution in [3.63, 3.8) is 0 Å². The molecule has 4 nitrogen and oxygen atoms in total. The molecule has 0 aliphatic heterocycles. The molecule has 2 N–H and O–H groups in total. The van der Waals surface area contributed by atoms with Crippen molar-refractivity contribution in [2.24, 2.45) is 5.73 Å². The van der Waals surface area contributed by atoms with Crippen molar-refractivity contribution >= 4 is 44.6 Å². The molecule has 2 aromatic rings. The number of hydrogen-bond donors (Lipinski definition) is 1. The number of fused-ring (bicyclic) bond motifs is 1. The zero-order valence-corrected chi connectivity index (χ0v) is 12.1. The molecule has 2 aromatic heterocycles. The van der Waals surface area contributed by atoms with Gasteiger partial charge in [-0.2, -0.15) is 0 Å². The first-order chi connectivity index (χ1) is 8.59. The normalized spacial score (nSPS) is 11.1. The summed E-state index contributed by atoms with van der Waals surface area (Å²) >= 11 is 6.58. The Bertz CT molecular complexity index is 550. The van der Waals surface area contributed by atoms with E-state index in [4.69, 9.17) is 18.0 Å². The van der Waals surface area contributed by atoms with Crippen LogP contribution in [0.1, 0.15) is 20.3 Å². The fourth-order valence-corrected chi connectivity index (χ4v) is 2.66. The van der Waals surface area contributed by atoms with Gasteiger partial charge < -0.3 is 10.6 Å². The van der Waals surface area contributed by atoms with Crippen LogP contribution in [0.4, 0.5) is 5.82 Å². The van der Waals surface area contributed by atoms with Gasteiger partial charge >= 0.3 is 0 Å². The highest BCUT2D eigenvalue weighted by atomic mass is 32.1. The monoisotopic (exact) mass is 280 g/mol. The molecule has 0 aliphatic rings. The summed E-state index contributed by atoms with van der Waals surface area (Å²) in [5.74, 6) is 0.965. The summed E-state index contributed by atoms with van der Waals surface area (Å²) in [6, 6.07) is 2.41. The van der Waals surface area contributed by atoms with Gasteiger partial charge in [-0.3, -0.25) is 0 Å². The van der Waals surface area contributed by atoms with Crippen molar-refractivity contribution in [2.45, 2.75) is 26.3 Å². The van der Waals surface area contributed by atoms with Crippen molar-refractivity contribution in [2.75, 3.05) is 11.4 Å². The van der Waals surface area contributed by atoms with Gasteiger partial charge in [-0.05, 0) is 25.3 Å². The lowest BCUT2D eigenvalue weighted by Gasteiger charge is -2.28. The molecule has 18 heavy (non-hydrogen) atoms. The van der Waals surface area contributed by atoms with E-state index in [1.807, 2.05) is 5.38 Å². The lowest BCUT2D eigenvalue weighted by Crippen LogP contribution is -2.34. The average molecular weight is 280 g/mol. The summed E-state index contributed by atoms with van der Waals surface area (Å²) in [5.41, 5.74) is 5.59. The predicted octanol–water partition coefficient (Wildman–Crippen LogP) is 2.58. The minimum absolute atomic E-state index is 0.345. The molecular formula is C12H16N4S2. The topological polar surface area (TPSA) is 55.0 Å². The predicted molar refractivity (Wildman–Crippen MR) is 81.3 cm³/mol. The minimum atomic E-state index is 0.345. The van der Waals surface area contributed by atoms with E-state index in [2.05, 4.69) is 34.8 Å². The first-order valence-corrected chi connectivity index (χ1v) is 7.11. The number of hydrogen-bond acceptors (Lipinski definition) is 5. The van der Waals surface area contributed by atoms with Gasteiger partial charge in [0.05, 0.1) is 10.4 Å². The Labute approximate surface area is 116 Å². The second-order valence-corrected chi connectivity index (χ2v) is 5.76. The number of rotatable bonds is 5. The van der Waals surface area contributed by atoms with Crippen LogP contribution in [0, 0.1) is 0 Å². The van der Waals surface area contributed by atoms with E-state index in [-0.39, 0.29) is 0 Å². The van der Waals surface area contributed by atoms with Crippen LogP contribution < -0.4 is 10.6 Å². The zero-order valence-electron chi connectivity index (χ0n) is 10.5. The molecular weight excluding hydrogens is 264 g/mol. The summed E-state index contributed by atoms with van der Waals surface area (Å²) < 4.78 is 0. The lowest BCUT2D eigenvalue weighted by molar-refractivity contribution is 0.683. The maximum atomic E-state index is 5.59. The SMILES string of the molecule is CC(C)N(CCC(N)=S)c1ncnc2sccc12. The smallest absolute Gasteiger partial charge is 0.141 e. The number of aromatic nitrogens is 2. The van der Waals surface area contributed by atoms with Crippen LogP contribution in [0.3, 0.4) is 0 Å². The Morgan fingerprint density at radius 2 is 2.28 bits per heavy atom. The molecule has 2 heterocycles. The highest BCUT2D eigenvalue weighted by molar-refractivity contribution is 7.80. The largest absolute Gasteiger partial charge is 0.393 e. The van der Waals surface area contributed by atoms with E-state index >= 15 is 0 Å². The fraction of sp³-hybridized carbons (Fsp3) is 0.417. The van der Waals surface area contributed by atoms with Crippen LogP contribution in [0.5, 0.6) is 0 Å². The molecule has 0 atom stereocenters. The summed E-state index contributed by atoms with van der Waals surface area (Å²) in [6.45, 7) is 5.06. The molecule has 2 rings (SSSR count). The standard InChI is InChI=1S/C12H16N4S2/c1-8(2)16(5-3-10(13)17)11-9-4-6-18-12(9)15-7-14-11/h4,6-8H,3,5H2,1-2H3,(H2,13,17). The van der Waals surface area contributed by atoms with Crippen molar-refractivity contribution < 1.29 is 0 Å². The van der Waals surface area contributed by atoms with Gasteiger partial charge in [-0.1, -0.05) is 12.2 Å². The maximum absolute atomic E-state index is 5.59. The van der Waals surface area contributed by atoms with E-state index in [1.165, 1.54) is 0 Å². The molecule has 6 heteroatoms. The average Bonchev–Trinajstić information content (AvgIpc) is 2.77. The molecule has 0 spiro atoms. The van der Waals surface area contributed by atoms with Gasteiger partial charge in [0, 0.05) is 19.0 Å². The van der Waals surface area contributed by atoms with Crippen LogP contribution in [0.2, 0.25) is 0 Å². The van der Waals surface area contributed by atoms with Gasteiger partial charge in [0.25, 0.3) is 0 Å². The molecule has 0 aliphatic carbocycles. The third kappa shape index (κ3) is 2.76. The molecule has 0 unspecified atom stereocenters. The Kier molecular flexibility index (Phi) is 4.08. The minimum Gasteiger partial charge on any atom is -0.393 e. The van der Waals surface area contributed by atoms with Crippen LogP contribution in [-0.4, -0.2) is 27.5 Å². The molecule has 0 saturated heterocycles. The first kappa shape index (κ1) is 13.2. The number of nitrogens with two attached hydrogens (primary N) is 1. The molecule has 0 saturated carbocycles. The Balaban J connectivity index is 2.35. The van der Waals surface area contributed by atoms with Crippen molar-refractivity contribution in [3.05, 3.63) is 17.8 Å². The van der Waals surface area contributed by atoms with E-state index in [9.17, 15) is 0 Å². The van der Waals surface area contributed by atoms with Gasteiger partial charge in [0.15, 0.2) is 0 Å². The van der Waals surface area contributed by atoms with Gasteiger partial charge in [0.2, 0.25) is 0 Å². The number of nitrogens with zero attached hydrogens (tertiary/aromatic N) is 3. The van der Waals surface area contributed by atoms with Crippen LogP contribution in [0.25, 0.3) is 10.2 Å². The molecule has 0 bridgehead atoms. The highest BCUT2D eigenvalue weighted by Crippen LogP contribution is 2.27. The molecule has 96 valence electrons. The molecule has 0 radical (unpaired) electrons. The van der Waals surface area contributed by atoms with Crippen LogP contribution in [-0.2, 0) is 0 Å². The highest BCUT2D eigenvalue weighted by Gasteiger charge is 2.16. The first-order valence-electron chi connectivity index (χ1n) is 5.82. The van der Waals surface area contributed by atoms with Crippen LogP contribution >= 0.6 is 23.6 Å². The summed E-state index contributed by atoms with van der Waals surface area (Å²) in [5, 5.41) is 3.13. The molecule has 0 amide bonds. The third-order valence-corrected chi connectivity index (χ3v) is 3.76. The lowest BCUT2D eigenvalue weighted by atomic mass is 10.2. The third-order valence-electron chi connectivity index (χ3n) is 2.74. The number of thiophene rings is 1. The van der Waals surface area contributed by atoms with E-state index in [1.54, 1.807) is 17.7 Å². The molecule has 0 aromatic carbocycles. The second kappa shape index (κ2) is 5.58. The maximum Gasteiger partial charge on any atom is 0.141 e. The summed E-state index contributed by atoms with van der Waals surface area (Å²) in [7, 11) is 0. The molecule has 0 fully saturated rings. The number of thiocarbonyl (C=S) groups is 1. The van der Waals surface area contributed by atoms with Gasteiger partial charge in [-0.15, -0.1) is 11.3 Å². The van der Waals surface area contributed by atoms with E-state index in [0.29, 0.717) is 17.5 Å². The van der Waals surface area contributed by atoms with E-state index < -0.39 is 0 Å².